The summed E-state index contributed by atoms with van der Waals surface area (Å²) in [5.74, 6) is -1.02. The lowest BCUT2D eigenvalue weighted by molar-refractivity contribution is 0.0690. The van der Waals surface area contributed by atoms with Crippen LogP contribution in [0, 0.1) is 6.07 Å². The molecule has 0 amide bonds. The molecule has 2 N–H and O–H groups in total. The van der Waals surface area contributed by atoms with Crippen molar-refractivity contribution in [3.63, 3.8) is 0 Å². The Kier molecular flexibility index (Phi) is 1.71. The molecule has 0 atom stereocenters. The molecule has 1 rings (SSSR count). The van der Waals surface area contributed by atoms with Crippen LogP contribution in [0.1, 0.15) is 23.1 Å². The van der Waals surface area contributed by atoms with Crippen molar-refractivity contribution in [2.45, 2.75) is 13.3 Å². The standard InChI is InChI=1S/C6H7N2O2/c1-2-4-3-5(6(9)10)8-7-4/h2H2,1H3,(H,7,8)(H,9,10). The maximum atomic E-state index is 10.2. The zero-order valence-electron chi connectivity index (χ0n) is 5.51. The fourth-order valence-electron chi connectivity index (χ4n) is 0.592. The Morgan fingerprint density at radius 1 is 1.90 bits per heavy atom. The first-order chi connectivity index (χ1) is 4.74. The van der Waals surface area contributed by atoms with Gasteiger partial charge in [0.2, 0.25) is 0 Å². The average molecular weight is 139 g/mol. The van der Waals surface area contributed by atoms with E-state index in [1.165, 1.54) is 0 Å². The molecule has 0 saturated carbocycles. The molecule has 0 aliphatic carbocycles. The van der Waals surface area contributed by atoms with Gasteiger partial charge in [0, 0.05) is 6.07 Å². The summed E-state index contributed by atoms with van der Waals surface area (Å²) in [5, 5.41) is 14.4. The second kappa shape index (κ2) is 2.51. The van der Waals surface area contributed by atoms with E-state index in [2.05, 4.69) is 16.3 Å². The van der Waals surface area contributed by atoms with E-state index in [0.717, 1.165) is 0 Å². The van der Waals surface area contributed by atoms with Gasteiger partial charge < -0.3 is 5.11 Å². The molecule has 1 heterocycles. The van der Waals surface area contributed by atoms with Crippen LogP contribution in [0.5, 0.6) is 0 Å². The summed E-state index contributed by atoms with van der Waals surface area (Å²) in [4.78, 5) is 10.2. The molecule has 4 nitrogen and oxygen atoms in total. The van der Waals surface area contributed by atoms with Crippen LogP contribution in [0.4, 0.5) is 0 Å². The minimum absolute atomic E-state index is 0.0249. The molecule has 1 radical (unpaired) electrons. The van der Waals surface area contributed by atoms with Gasteiger partial charge in [-0.2, -0.15) is 5.10 Å². The number of carbonyl (C=O) groups is 1. The second-order valence-corrected chi connectivity index (χ2v) is 1.83. The fraction of sp³-hybridized carbons (Fsp3) is 0.333. The van der Waals surface area contributed by atoms with Crippen LogP contribution in [-0.4, -0.2) is 21.3 Å². The van der Waals surface area contributed by atoms with Crippen molar-refractivity contribution in [2.75, 3.05) is 0 Å². The smallest absolute Gasteiger partial charge is 0.354 e. The molecule has 1 aromatic heterocycles. The van der Waals surface area contributed by atoms with Crippen molar-refractivity contribution in [1.29, 1.82) is 0 Å². The Labute approximate surface area is 57.9 Å². The number of nitrogens with one attached hydrogen (secondary N) is 1. The van der Waals surface area contributed by atoms with Gasteiger partial charge in [0.15, 0.2) is 5.69 Å². The third-order valence-electron chi connectivity index (χ3n) is 1.12. The van der Waals surface area contributed by atoms with Gasteiger partial charge in [-0.05, 0) is 6.42 Å². The van der Waals surface area contributed by atoms with Crippen LogP contribution < -0.4 is 0 Å². The molecular weight excluding hydrogens is 132 g/mol. The van der Waals surface area contributed by atoms with Gasteiger partial charge >= 0.3 is 5.97 Å². The molecule has 0 unspecified atom stereocenters. The first-order valence-corrected chi connectivity index (χ1v) is 2.94. The second-order valence-electron chi connectivity index (χ2n) is 1.83. The maximum Gasteiger partial charge on any atom is 0.354 e. The number of carboxylic acids is 1. The van der Waals surface area contributed by atoms with Crippen LogP contribution in [0.2, 0.25) is 0 Å². The molecule has 1 aromatic rings. The normalized spacial score (nSPS) is 9.70. The first kappa shape index (κ1) is 6.80. The van der Waals surface area contributed by atoms with Gasteiger partial charge in [-0.25, -0.2) is 4.79 Å². The van der Waals surface area contributed by atoms with Gasteiger partial charge in [0.25, 0.3) is 0 Å². The highest BCUT2D eigenvalue weighted by Gasteiger charge is 2.05. The summed E-state index contributed by atoms with van der Waals surface area (Å²) in [6.07, 6.45) is 0.698. The van der Waals surface area contributed by atoms with Crippen LogP contribution in [0.3, 0.4) is 0 Å². The van der Waals surface area contributed by atoms with E-state index >= 15 is 0 Å². The minimum Gasteiger partial charge on any atom is -0.477 e. The Balaban J connectivity index is 2.88. The quantitative estimate of drug-likeness (QED) is 0.625. The number of hydrogen-bond donors (Lipinski definition) is 2. The van der Waals surface area contributed by atoms with Crippen molar-refractivity contribution < 1.29 is 9.90 Å². The Morgan fingerprint density at radius 2 is 2.60 bits per heavy atom. The molecule has 0 aliphatic heterocycles. The van der Waals surface area contributed by atoms with Crippen molar-refractivity contribution in [3.8, 4) is 0 Å². The number of aryl methyl sites for hydroxylation is 1. The number of H-pyrrole nitrogens is 1. The summed E-state index contributed by atoms with van der Waals surface area (Å²) in [6, 6.07) is 2.60. The number of aromatic carboxylic acids is 1. The van der Waals surface area contributed by atoms with E-state index < -0.39 is 5.97 Å². The largest absolute Gasteiger partial charge is 0.477 e. The Morgan fingerprint density at radius 3 is 2.90 bits per heavy atom. The van der Waals surface area contributed by atoms with Crippen molar-refractivity contribution >= 4 is 5.97 Å². The van der Waals surface area contributed by atoms with Crippen LogP contribution in [0.15, 0.2) is 0 Å². The lowest BCUT2D eigenvalue weighted by atomic mass is 10.3. The van der Waals surface area contributed by atoms with E-state index in [1.54, 1.807) is 0 Å². The van der Waals surface area contributed by atoms with Gasteiger partial charge in [-0.3, -0.25) is 5.10 Å². The molecule has 4 heteroatoms. The fourth-order valence-corrected chi connectivity index (χ4v) is 0.592. The highest BCUT2D eigenvalue weighted by Crippen LogP contribution is 1.97. The van der Waals surface area contributed by atoms with Crippen LogP contribution in [-0.2, 0) is 6.42 Å². The van der Waals surface area contributed by atoms with Crippen molar-refractivity contribution in [1.82, 2.24) is 10.2 Å². The zero-order valence-corrected chi connectivity index (χ0v) is 5.51. The minimum atomic E-state index is -1.02. The predicted molar refractivity (Wildman–Crippen MR) is 33.8 cm³/mol. The molecule has 0 bridgehead atoms. The van der Waals surface area contributed by atoms with Crippen molar-refractivity contribution in [3.05, 3.63) is 17.5 Å². The van der Waals surface area contributed by atoms with E-state index in [-0.39, 0.29) is 5.69 Å². The predicted octanol–water partition coefficient (Wildman–Crippen LogP) is 0.470. The molecule has 0 fully saturated rings. The summed E-state index contributed by atoms with van der Waals surface area (Å²) in [6.45, 7) is 1.89. The first-order valence-electron chi connectivity index (χ1n) is 2.94. The molecule has 53 valence electrons. The van der Waals surface area contributed by atoms with E-state index in [9.17, 15) is 4.79 Å². The van der Waals surface area contributed by atoms with Crippen LogP contribution in [0.25, 0.3) is 0 Å². The Bertz CT molecular complexity index is 242. The molecule has 0 spiro atoms. The molecule has 10 heavy (non-hydrogen) atoms. The highest BCUT2D eigenvalue weighted by atomic mass is 16.4. The highest BCUT2D eigenvalue weighted by molar-refractivity contribution is 5.84. The zero-order chi connectivity index (χ0) is 7.56. The van der Waals surface area contributed by atoms with Gasteiger partial charge in [-0.15, -0.1) is 0 Å². The topological polar surface area (TPSA) is 66.0 Å². The molecular formula is C6H7N2O2. The third-order valence-corrected chi connectivity index (χ3v) is 1.12. The average Bonchev–Trinajstić information content (AvgIpc) is 2.34. The third kappa shape index (κ3) is 1.15. The maximum absolute atomic E-state index is 10.2. The van der Waals surface area contributed by atoms with E-state index in [4.69, 9.17) is 5.11 Å². The number of aromatic nitrogens is 2. The molecule has 0 aliphatic rings. The number of nitrogens with zero attached hydrogens (tertiary/aromatic N) is 1. The number of carboxylic acid groups (broad SMARTS) is 1. The van der Waals surface area contributed by atoms with E-state index in [1.807, 2.05) is 6.92 Å². The number of aromatic amines is 1. The molecule has 0 aromatic carbocycles. The monoisotopic (exact) mass is 139 g/mol. The number of hydrogen-bond acceptors (Lipinski definition) is 2. The summed E-state index contributed by atoms with van der Waals surface area (Å²) in [7, 11) is 0. The summed E-state index contributed by atoms with van der Waals surface area (Å²) in [5.41, 5.74) is 0.675. The summed E-state index contributed by atoms with van der Waals surface area (Å²) >= 11 is 0. The molecule has 0 saturated heterocycles. The van der Waals surface area contributed by atoms with Crippen molar-refractivity contribution in [2.24, 2.45) is 0 Å². The Hall–Kier alpha value is -1.32. The van der Waals surface area contributed by atoms with Crippen LogP contribution >= 0.6 is 0 Å². The number of rotatable bonds is 2. The van der Waals surface area contributed by atoms with Gasteiger partial charge in [0.05, 0.1) is 5.69 Å². The summed E-state index contributed by atoms with van der Waals surface area (Å²) < 4.78 is 0. The van der Waals surface area contributed by atoms with Gasteiger partial charge in [0.1, 0.15) is 0 Å². The lowest BCUT2D eigenvalue weighted by Crippen LogP contribution is -1.95. The van der Waals surface area contributed by atoms with Gasteiger partial charge in [-0.1, -0.05) is 6.92 Å². The lowest BCUT2D eigenvalue weighted by Gasteiger charge is -1.79. The SMILES string of the molecule is CCc1[c]c(C(=O)O)[nH]n1. The van der Waals surface area contributed by atoms with E-state index in [0.29, 0.717) is 12.1 Å².